The van der Waals surface area contributed by atoms with Gasteiger partial charge in [0.25, 0.3) is 0 Å². The maximum atomic E-state index is 12.9. The number of unbranched alkanes of at least 4 members (excludes halogenated alkanes) is 1. The van der Waals surface area contributed by atoms with E-state index in [2.05, 4.69) is 42.2 Å². The van der Waals surface area contributed by atoms with E-state index in [0.717, 1.165) is 25.8 Å². The van der Waals surface area contributed by atoms with Crippen molar-refractivity contribution >= 4 is 23.6 Å². The van der Waals surface area contributed by atoms with Crippen LogP contribution >= 0.6 is 12.6 Å². The Morgan fingerprint density at radius 3 is 2.64 bits per heavy atom. The standard InChI is InChI=1S/C23H27NO3S/c1-15(24-13-7-6-10-17-8-4-3-5-9-17)22(25)21-16(2)27-20-12-11-18(28)14-19(20)23(21)26/h3-5,8-9,11-12,14-15,22,24-25,28H,6-7,10,13H2,1-2H3. The van der Waals surface area contributed by atoms with E-state index in [1.165, 1.54) is 5.56 Å². The van der Waals surface area contributed by atoms with Crippen molar-refractivity contribution in [3.8, 4) is 0 Å². The van der Waals surface area contributed by atoms with Crippen molar-refractivity contribution in [2.24, 2.45) is 0 Å². The van der Waals surface area contributed by atoms with Crippen LogP contribution in [-0.2, 0) is 6.42 Å². The van der Waals surface area contributed by atoms with E-state index in [9.17, 15) is 9.90 Å². The van der Waals surface area contributed by atoms with Crippen molar-refractivity contribution < 1.29 is 9.52 Å². The van der Waals surface area contributed by atoms with Gasteiger partial charge in [-0.25, -0.2) is 0 Å². The van der Waals surface area contributed by atoms with E-state index in [-0.39, 0.29) is 11.5 Å². The van der Waals surface area contributed by atoms with Crippen molar-refractivity contribution in [3.05, 3.63) is 75.6 Å². The number of hydrogen-bond donors (Lipinski definition) is 3. The molecule has 0 bridgehead atoms. The largest absolute Gasteiger partial charge is 0.461 e. The van der Waals surface area contributed by atoms with Gasteiger partial charge in [-0.3, -0.25) is 4.79 Å². The normalized spacial score (nSPS) is 13.6. The first-order chi connectivity index (χ1) is 13.5. The Kier molecular flexibility index (Phi) is 6.94. The molecule has 28 heavy (non-hydrogen) atoms. The maximum absolute atomic E-state index is 12.9. The molecular weight excluding hydrogens is 370 g/mol. The van der Waals surface area contributed by atoms with Gasteiger partial charge < -0.3 is 14.8 Å². The molecule has 0 aliphatic rings. The van der Waals surface area contributed by atoms with Gasteiger partial charge in [0, 0.05) is 10.9 Å². The lowest BCUT2D eigenvalue weighted by molar-refractivity contribution is 0.132. The van der Waals surface area contributed by atoms with Crippen LogP contribution in [0.25, 0.3) is 11.0 Å². The topological polar surface area (TPSA) is 62.5 Å². The number of aliphatic hydroxyl groups is 1. The van der Waals surface area contributed by atoms with Crippen LogP contribution in [-0.4, -0.2) is 17.7 Å². The number of thiol groups is 1. The predicted octanol–water partition coefficient (Wildman–Crippen LogP) is 4.42. The average Bonchev–Trinajstić information content (AvgIpc) is 2.69. The van der Waals surface area contributed by atoms with Crippen LogP contribution in [0.4, 0.5) is 0 Å². The highest BCUT2D eigenvalue weighted by atomic mass is 32.1. The van der Waals surface area contributed by atoms with Crippen molar-refractivity contribution in [2.45, 2.75) is 50.2 Å². The van der Waals surface area contributed by atoms with Crippen LogP contribution in [0.1, 0.15) is 42.8 Å². The van der Waals surface area contributed by atoms with Crippen LogP contribution in [0.5, 0.6) is 0 Å². The summed E-state index contributed by atoms with van der Waals surface area (Å²) >= 11 is 4.30. The van der Waals surface area contributed by atoms with Gasteiger partial charge in [-0.15, -0.1) is 12.6 Å². The second-order valence-electron chi connectivity index (χ2n) is 7.21. The Morgan fingerprint density at radius 1 is 1.14 bits per heavy atom. The number of benzene rings is 2. The number of nitrogens with one attached hydrogen (secondary N) is 1. The van der Waals surface area contributed by atoms with Crippen molar-refractivity contribution in [1.82, 2.24) is 5.32 Å². The summed E-state index contributed by atoms with van der Waals surface area (Å²) in [4.78, 5) is 13.6. The van der Waals surface area contributed by atoms with Crippen LogP contribution in [0.15, 0.2) is 62.6 Å². The lowest BCUT2D eigenvalue weighted by Gasteiger charge is -2.21. The molecular formula is C23H27NO3S. The molecule has 2 unspecified atom stereocenters. The Hall–Kier alpha value is -2.08. The fourth-order valence-corrected chi connectivity index (χ4v) is 3.65. The molecule has 0 aliphatic carbocycles. The van der Waals surface area contributed by atoms with Gasteiger partial charge in [0.05, 0.1) is 10.9 Å². The highest BCUT2D eigenvalue weighted by Crippen LogP contribution is 2.23. The Labute approximate surface area is 171 Å². The first-order valence-electron chi connectivity index (χ1n) is 9.69. The highest BCUT2D eigenvalue weighted by Gasteiger charge is 2.23. The summed E-state index contributed by atoms with van der Waals surface area (Å²) in [7, 11) is 0. The zero-order valence-corrected chi connectivity index (χ0v) is 17.2. The van der Waals surface area contributed by atoms with Gasteiger partial charge in [0.2, 0.25) is 0 Å². The summed E-state index contributed by atoms with van der Waals surface area (Å²) < 4.78 is 5.77. The molecule has 0 spiro atoms. The monoisotopic (exact) mass is 397 g/mol. The van der Waals surface area contributed by atoms with Gasteiger partial charge in [0.1, 0.15) is 17.4 Å². The smallest absolute Gasteiger partial charge is 0.198 e. The van der Waals surface area contributed by atoms with Crippen LogP contribution in [0.3, 0.4) is 0 Å². The third kappa shape index (κ3) is 4.85. The van der Waals surface area contributed by atoms with E-state index < -0.39 is 6.10 Å². The number of aliphatic hydroxyl groups excluding tert-OH is 1. The Morgan fingerprint density at radius 2 is 1.89 bits per heavy atom. The first kappa shape index (κ1) is 20.6. The van der Waals surface area contributed by atoms with Crippen LogP contribution < -0.4 is 10.7 Å². The van der Waals surface area contributed by atoms with E-state index in [1.54, 1.807) is 25.1 Å². The molecule has 0 amide bonds. The lowest BCUT2D eigenvalue weighted by Crippen LogP contribution is -2.35. The van der Waals surface area contributed by atoms with Crippen molar-refractivity contribution in [3.63, 3.8) is 0 Å². The Balaban J connectivity index is 1.61. The number of aryl methyl sites for hydroxylation is 2. The van der Waals surface area contributed by atoms with Crippen molar-refractivity contribution in [1.29, 1.82) is 0 Å². The number of hydrogen-bond acceptors (Lipinski definition) is 5. The van der Waals surface area contributed by atoms with Crippen LogP contribution in [0, 0.1) is 6.92 Å². The lowest BCUT2D eigenvalue weighted by atomic mass is 10.0. The minimum Gasteiger partial charge on any atom is -0.461 e. The fraction of sp³-hybridized carbons (Fsp3) is 0.348. The molecule has 0 aliphatic heterocycles. The second-order valence-corrected chi connectivity index (χ2v) is 7.73. The Bertz CT molecular complexity index is 984. The molecule has 3 rings (SSSR count). The minimum atomic E-state index is -0.932. The van der Waals surface area contributed by atoms with Gasteiger partial charge in [-0.05, 0) is 63.4 Å². The molecule has 0 fully saturated rings. The molecule has 0 radical (unpaired) electrons. The number of fused-ring (bicyclic) bond motifs is 1. The molecule has 0 saturated carbocycles. The maximum Gasteiger partial charge on any atom is 0.198 e. The SMILES string of the molecule is Cc1oc2ccc(S)cc2c(=O)c1C(O)C(C)NCCCCc1ccccc1. The van der Waals surface area contributed by atoms with Gasteiger partial charge in [-0.2, -0.15) is 0 Å². The van der Waals surface area contributed by atoms with Gasteiger partial charge in [0.15, 0.2) is 5.43 Å². The molecule has 2 atom stereocenters. The minimum absolute atomic E-state index is 0.195. The van der Waals surface area contributed by atoms with E-state index in [0.29, 0.717) is 27.2 Å². The van der Waals surface area contributed by atoms with Crippen molar-refractivity contribution in [2.75, 3.05) is 6.54 Å². The predicted molar refractivity (Wildman–Crippen MR) is 116 cm³/mol. The fourth-order valence-electron chi connectivity index (χ4n) is 3.44. The first-order valence-corrected chi connectivity index (χ1v) is 10.1. The summed E-state index contributed by atoms with van der Waals surface area (Å²) in [5.41, 5.74) is 1.97. The molecule has 5 heteroatoms. The van der Waals surface area contributed by atoms with E-state index in [4.69, 9.17) is 4.42 Å². The summed E-state index contributed by atoms with van der Waals surface area (Å²) in [6.07, 6.45) is 2.18. The zero-order valence-electron chi connectivity index (χ0n) is 16.3. The molecule has 1 heterocycles. The van der Waals surface area contributed by atoms with Gasteiger partial charge in [-0.1, -0.05) is 30.3 Å². The van der Waals surface area contributed by atoms with Crippen LogP contribution in [0.2, 0.25) is 0 Å². The molecule has 4 nitrogen and oxygen atoms in total. The third-order valence-corrected chi connectivity index (χ3v) is 5.34. The summed E-state index contributed by atoms with van der Waals surface area (Å²) in [6, 6.07) is 15.4. The summed E-state index contributed by atoms with van der Waals surface area (Å²) in [6.45, 7) is 4.39. The zero-order chi connectivity index (χ0) is 20.1. The molecule has 148 valence electrons. The molecule has 3 aromatic rings. The average molecular weight is 398 g/mol. The van der Waals surface area contributed by atoms with Gasteiger partial charge >= 0.3 is 0 Å². The molecule has 0 saturated heterocycles. The molecule has 2 aromatic carbocycles. The summed E-state index contributed by atoms with van der Waals surface area (Å²) in [5, 5.41) is 14.6. The quantitative estimate of drug-likeness (QED) is 0.389. The summed E-state index contributed by atoms with van der Waals surface area (Å²) in [5.74, 6) is 0.453. The third-order valence-electron chi connectivity index (χ3n) is 5.07. The highest BCUT2D eigenvalue weighted by molar-refractivity contribution is 7.80. The molecule has 2 N–H and O–H groups in total. The van der Waals surface area contributed by atoms with E-state index >= 15 is 0 Å². The second kappa shape index (κ2) is 9.41. The number of rotatable bonds is 8. The molecule has 1 aromatic heterocycles. The van der Waals surface area contributed by atoms with E-state index in [1.807, 2.05) is 13.0 Å².